The van der Waals surface area contributed by atoms with Crippen LogP contribution in [0.3, 0.4) is 0 Å². The molecule has 0 bridgehead atoms. The molecule has 218 valence electrons. The van der Waals surface area contributed by atoms with Crippen LogP contribution in [0.15, 0.2) is 47.6 Å². The van der Waals surface area contributed by atoms with Crippen molar-refractivity contribution < 1.29 is 23.1 Å². The van der Waals surface area contributed by atoms with Crippen molar-refractivity contribution in [2.75, 3.05) is 46.4 Å². The van der Waals surface area contributed by atoms with Gasteiger partial charge in [0.05, 0.1) is 12.7 Å². The number of hydrogen-bond acceptors (Lipinski definition) is 7. The summed E-state index contributed by atoms with van der Waals surface area (Å²) in [5.41, 5.74) is 1.34. The molecule has 5 rings (SSSR count). The molecule has 2 aromatic rings. The van der Waals surface area contributed by atoms with Crippen molar-refractivity contribution >= 4 is 16.1 Å². The molecule has 11 heteroatoms. The minimum absolute atomic E-state index is 0.00299. The number of aliphatic hydroxyl groups excluding tert-OH is 1. The fourth-order valence-corrected chi connectivity index (χ4v) is 7.37. The molecular weight excluding hydrogens is 530 g/mol. The van der Waals surface area contributed by atoms with Gasteiger partial charge >= 0.3 is 6.03 Å². The first-order chi connectivity index (χ1) is 19.2. The fourth-order valence-electron chi connectivity index (χ4n) is 6.18. The number of aromatic nitrogens is 1. The Morgan fingerprint density at radius 2 is 1.93 bits per heavy atom. The Morgan fingerprint density at radius 3 is 2.65 bits per heavy atom. The van der Waals surface area contributed by atoms with E-state index < -0.39 is 16.1 Å². The molecule has 3 aliphatic rings. The number of hydrogen-bond donors (Lipinski definition) is 3. The molecule has 1 saturated carbocycles. The Bertz CT molecular complexity index is 1260. The second kappa shape index (κ2) is 12.4. The van der Waals surface area contributed by atoms with E-state index in [9.17, 15) is 18.3 Å². The number of fused-ring (bicyclic) bond motifs is 1. The number of urea groups is 1. The smallest absolute Gasteiger partial charge is 0.317 e. The molecule has 1 spiro atoms. The van der Waals surface area contributed by atoms with E-state index in [1.807, 2.05) is 29.0 Å². The number of amides is 2. The molecule has 2 amide bonds. The van der Waals surface area contributed by atoms with Crippen molar-refractivity contribution in [3.63, 3.8) is 0 Å². The zero-order chi connectivity index (χ0) is 28.2. The van der Waals surface area contributed by atoms with Gasteiger partial charge in [0, 0.05) is 62.1 Å². The zero-order valence-electron chi connectivity index (χ0n) is 23.2. The van der Waals surface area contributed by atoms with E-state index in [0.29, 0.717) is 45.6 Å². The van der Waals surface area contributed by atoms with Crippen LogP contribution in [0.25, 0.3) is 11.1 Å². The quantitative estimate of drug-likeness (QED) is 0.506. The van der Waals surface area contributed by atoms with E-state index in [2.05, 4.69) is 15.0 Å². The predicted molar refractivity (Wildman–Crippen MR) is 153 cm³/mol. The Morgan fingerprint density at radius 1 is 1.15 bits per heavy atom. The average Bonchev–Trinajstić information content (AvgIpc) is 2.96. The topological polar surface area (TPSA) is 124 Å². The van der Waals surface area contributed by atoms with Crippen LogP contribution in [-0.4, -0.2) is 92.9 Å². The highest BCUT2D eigenvalue weighted by atomic mass is 32.2. The van der Waals surface area contributed by atoms with Crippen LogP contribution in [0.2, 0.25) is 0 Å². The maximum absolute atomic E-state index is 13.3. The summed E-state index contributed by atoms with van der Waals surface area (Å²) in [6.45, 7) is 2.38. The molecule has 1 unspecified atom stereocenters. The number of piperidine rings is 1. The highest BCUT2D eigenvalue weighted by molar-refractivity contribution is 7.89. The van der Waals surface area contributed by atoms with Gasteiger partial charge in [0.1, 0.15) is 10.6 Å². The number of β-amino-alcohol motifs (C(OH)–C–C–N with tert-alkyl or cyclic N) is 1. The van der Waals surface area contributed by atoms with E-state index in [-0.39, 0.29) is 34.7 Å². The number of rotatable bonds is 2. The van der Waals surface area contributed by atoms with Gasteiger partial charge < -0.3 is 25.0 Å². The summed E-state index contributed by atoms with van der Waals surface area (Å²) >= 11 is 0. The standard InChI is InChI=1S/C29H41N5O5S/c1-33-19-25(35)18-31-40(37,38)27-10-9-22(23-6-5-13-30-17-23)16-26(27)39-21-29(20-33)11-14-34(15-12-29)28(36)32-24-7-3-2-4-8-24/h5-6,9-10,13,16-17,24-25,31,35H,2-4,7-8,11-12,14-15,18-21H2,1H3,(H,32,36). The lowest BCUT2D eigenvalue weighted by atomic mass is 9.78. The first-order valence-corrected chi connectivity index (χ1v) is 15.8. The number of nitrogens with one attached hydrogen (secondary N) is 2. The van der Waals surface area contributed by atoms with Gasteiger partial charge in [-0.2, -0.15) is 0 Å². The molecule has 10 nitrogen and oxygen atoms in total. The summed E-state index contributed by atoms with van der Waals surface area (Å²) in [5.74, 6) is 0.267. The maximum Gasteiger partial charge on any atom is 0.317 e. The molecule has 2 fully saturated rings. The molecule has 1 aromatic heterocycles. The first-order valence-electron chi connectivity index (χ1n) is 14.3. The Balaban J connectivity index is 1.38. The summed E-state index contributed by atoms with van der Waals surface area (Å²) in [6.07, 6.45) is 9.65. The van der Waals surface area contributed by atoms with Crippen LogP contribution in [0, 0.1) is 5.41 Å². The van der Waals surface area contributed by atoms with E-state index in [4.69, 9.17) is 4.74 Å². The number of carbonyl (C=O) groups excluding carboxylic acids is 1. The highest BCUT2D eigenvalue weighted by Gasteiger charge is 2.39. The van der Waals surface area contributed by atoms with Gasteiger partial charge in [0.15, 0.2) is 0 Å². The molecule has 1 atom stereocenters. The fraction of sp³-hybridized carbons (Fsp3) is 0.586. The lowest BCUT2D eigenvalue weighted by Gasteiger charge is -2.44. The van der Waals surface area contributed by atoms with Crippen LogP contribution >= 0.6 is 0 Å². The molecule has 1 saturated heterocycles. The lowest BCUT2D eigenvalue weighted by Crippen LogP contribution is -2.54. The number of pyridine rings is 1. The summed E-state index contributed by atoms with van der Waals surface area (Å²) in [7, 11) is -1.99. The lowest BCUT2D eigenvalue weighted by molar-refractivity contribution is 0.0239. The number of likely N-dealkylation sites (N-methyl/N-ethyl adjacent to an activating group) is 1. The van der Waals surface area contributed by atoms with Crippen LogP contribution < -0.4 is 14.8 Å². The van der Waals surface area contributed by atoms with Crippen LogP contribution in [0.5, 0.6) is 5.75 Å². The highest BCUT2D eigenvalue weighted by Crippen LogP contribution is 2.36. The Kier molecular flexibility index (Phi) is 8.94. The normalized spacial score (nSPS) is 24.2. The van der Waals surface area contributed by atoms with Gasteiger partial charge in [0.2, 0.25) is 10.0 Å². The number of nitrogens with zero attached hydrogens (tertiary/aromatic N) is 3. The van der Waals surface area contributed by atoms with E-state index in [1.54, 1.807) is 30.6 Å². The van der Waals surface area contributed by atoms with Crippen LogP contribution in [-0.2, 0) is 10.0 Å². The number of ether oxygens (including phenoxy) is 1. The maximum atomic E-state index is 13.3. The second-order valence-electron chi connectivity index (χ2n) is 11.7. The van der Waals surface area contributed by atoms with Crippen LogP contribution in [0.1, 0.15) is 44.9 Å². The molecular formula is C29H41N5O5S. The SMILES string of the molecule is CN1CC(O)CNS(=O)(=O)c2ccc(-c3cccnc3)cc2OCC2(CCN(C(=O)NC3CCCCC3)CC2)C1. The molecule has 40 heavy (non-hydrogen) atoms. The Hall–Kier alpha value is -2.73. The van der Waals surface area contributed by atoms with E-state index in [1.165, 1.54) is 19.3 Å². The minimum atomic E-state index is -3.93. The predicted octanol–water partition coefficient (Wildman–Crippen LogP) is 2.84. The van der Waals surface area contributed by atoms with Crippen molar-refractivity contribution in [3.8, 4) is 16.9 Å². The van der Waals surface area contributed by atoms with Crippen molar-refractivity contribution in [2.24, 2.45) is 5.41 Å². The van der Waals surface area contributed by atoms with Gasteiger partial charge in [0.25, 0.3) is 0 Å². The number of carbonyl (C=O) groups is 1. The number of benzene rings is 1. The third-order valence-electron chi connectivity index (χ3n) is 8.44. The summed E-state index contributed by atoms with van der Waals surface area (Å²) in [6, 6.07) is 9.05. The van der Waals surface area contributed by atoms with Crippen LogP contribution in [0.4, 0.5) is 4.79 Å². The van der Waals surface area contributed by atoms with Gasteiger partial charge in [-0.1, -0.05) is 31.4 Å². The minimum Gasteiger partial charge on any atom is -0.492 e. The molecule has 2 aliphatic heterocycles. The largest absolute Gasteiger partial charge is 0.492 e. The van der Waals surface area contributed by atoms with Crippen molar-refractivity contribution in [1.29, 1.82) is 0 Å². The third-order valence-corrected chi connectivity index (χ3v) is 9.91. The van der Waals surface area contributed by atoms with Crippen molar-refractivity contribution in [3.05, 3.63) is 42.7 Å². The molecule has 1 aromatic carbocycles. The van der Waals surface area contributed by atoms with Gasteiger partial charge in [-0.05, 0) is 56.5 Å². The van der Waals surface area contributed by atoms with Gasteiger partial charge in [-0.3, -0.25) is 4.98 Å². The molecule has 0 radical (unpaired) electrons. The number of sulfonamides is 1. The summed E-state index contributed by atoms with van der Waals surface area (Å²) in [4.78, 5) is 21.2. The molecule has 1 aliphatic carbocycles. The van der Waals surface area contributed by atoms with Crippen molar-refractivity contribution in [1.82, 2.24) is 24.8 Å². The summed E-state index contributed by atoms with van der Waals surface area (Å²) in [5, 5.41) is 13.9. The van der Waals surface area contributed by atoms with E-state index >= 15 is 0 Å². The Labute approximate surface area is 237 Å². The number of aliphatic hydroxyl groups is 1. The molecule has 3 N–H and O–H groups in total. The first kappa shape index (κ1) is 28.8. The van der Waals surface area contributed by atoms with Gasteiger partial charge in [-0.15, -0.1) is 0 Å². The second-order valence-corrected chi connectivity index (χ2v) is 13.4. The average molecular weight is 572 g/mol. The third kappa shape index (κ3) is 6.94. The van der Waals surface area contributed by atoms with Crippen molar-refractivity contribution in [2.45, 2.75) is 62.0 Å². The molecule has 3 heterocycles. The monoisotopic (exact) mass is 571 g/mol. The number of likely N-dealkylation sites (tertiary alicyclic amines) is 1. The van der Waals surface area contributed by atoms with Gasteiger partial charge in [-0.25, -0.2) is 17.9 Å². The zero-order valence-corrected chi connectivity index (χ0v) is 24.0. The summed E-state index contributed by atoms with van der Waals surface area (Å²) < 4.78 is 35.4. The van der Waals surface area contributed by atoms with E-state index in [0.717, 1.165) is 24.0 Å².